The maximum absolute atomic E-state index is 10.0. The molecule has 0 aromatic carbocycles. The van der Waals surface area contributed by atoms with E-state index in [0.29, 0.717) is 12.2 Å². The summed E-state index contributed by atoms with van der Waals surface area (Å²) in [6.07, 6.45) is 4.90. The van der Waals surface area contributed by atoms with Crippen molar-refractivity contribution in [3.05, 3.63) is 42.1 Å². The van der Waals surface area contributed by atoms with Crippen molar-refractivity contribution in [2.75, 3.05) is 5.73 Å². The first-order valence-corrected chi connectivity index (χ1v) is 5.01. The second-order valence-corrected chi connectivity index (χ2v) is 3.74. The Morgan fingerprint density at radius 3 is 3.00 bits per heavy atom. The lowest BCUT2D eigenvalue weighted by molar-refractivity contribution is 0.170. The Bertz CT molecular complexity index is 480. The lowest BCUT2D eigenvalue weighted by Crippen LogP contribution is -2.07. The molecule has 2 aromatic heterocycles. The summed E-state index contributed by atoms with van der Waals surface area (Å²) in [5.74, 6) is 0.467. The summed E-state index contributed by atoms with van der Waals surface area (Å²) in [6, 6.07) is 3.61. The molecule has 0 saturated heterocycles. The van der Waals surface area contributed by atoms with E-state index in [-0.39, 0.29) is 0 Å². The summed E-state index contributed by atoms with van der Waals surface area (Å²) in [5, 5.41) is 10.0. The zero-order valence-corrected chi connectivity index (χ0v) is 9.04. The Hall–Kier alpha value is -1.88. The van der Waals surface area contributed by atoms with Gasteiger partial charge < -0.3 is 15.4 Å². The van der Waals surface area contributed by atoms with Crippen LogP contribution in [-0.4, -0.2) is 19.6 Å². The van der Waals surface area contributed by atoms with Crippen molar-refractivity contribution in [2.24, 2.45) is 7.05 Å². The summed E-state index contributed by atoms with van der Waals surface area (Å²) in [7, 11) is 1.85. The van der Waals surface area contributed by atoms with E-state index < -0.39 is 6.10 Å². The highest BCUT2D eigenvalue weighted by atomic mass is 16.3. The van der Waals surface area contributed by atoms with Crippen LogP contribution < -0.4 is 5.73 Å². The summed E-state index contributed by atoms with van der Waals surface area (Å²) < 4.78 is 1.80. The molecule has 5 heteroatoms. The third kappa shape index (κ3) is 2.20. The molecule has 0 spiro atoms. The minimum absolute atomic E-state index is 0.467. The Kier molecular flexibility index (Phi) is 2.87. The summed E-state index contributed by atoms with van der Waals surface area (Å²) in [6.45, 7) is 0. The van der Waals surface area contributed by atoms with E-state index in [4.69, 9.17) is 5.73 Å². The monoisotopic (exact) mass is 218 g/mol. The SMILES string of the molecule is Cn1cncc1C(O)Cc1ccnc(N)c1. The van der Waals surface area contributed by atoms with E-state index >= 15 is 0 Å². The number of hydrogen-bond acceptors (Lipinski definition) is 4. The number of rotatable bonds is 3. The maximum Gasteiger partial charge on any atom is 0.123 e. The normalized spacial score (nSPS) is 12.6. The zero-order valence-electron chi connectivity index (χ0n) is 9.04. The lowest BCUT2D eigenvalue weighted by Gasteiger charge is -2.11. The highest BCUT2D eigenvalue weighted by Crippen LogP contribution is 2.17. The zero-order chi connectivity index (χ0) is 11.5. The van der Waals surface area contributed by atoms with Crippen LogP contribution in [0.2, 0.25) is 0 Å². The number of nitrogen functional groups attached to an aromatic ring is 1. The van der Waals surface area contributed by atoms with Gasteiger partial charge in [-0.25, -0.2) is 9.97 Å². The second kappa shape index (κ2) is 4.32. The summed E-state index contributed by atoms with van der Waals surface area (Å²) >= 11 is 0. The van der Waals surface area contributed by atoms with Crippen molar-refractivity contribution < 1.29 is 5.11 Å². The Morgan fingerprint density at radius 2 is 2.38 bits per heavy atom. The fraction of sp³-hybridized carbons (Fsp3) is 0.273. The van der Waals surface area contributed by atoms with Gasteiger partial charge in [0.25, 0.3) is 0 Å². The molecule has 84 valence electrons. The van der Waals surface area contributed by atoms with Crippen LogP contribution in [0.25, 0.3) is 0 Å². The molecule has 1 unspecified atom stereocenters. The lowest BCUT2D eigenvalue weighted by atomic mass is 10.1. The Labute approximate surface area is 93.6 Å². The molecule has 2 heterocycles. The largest absolute Gasteiger partial charge is 0.386 e. The molecule has 0 radical (unpaired) electrons. The minimum atomic E-state index is -0.575. The summed E-state index contributed by atoms with van der Waals surface area (Å²) in [5.41, 5.74) is 7.32. The number of anilines is 1. The average Bonchev–Trinajstić information content (AvgIpc) is 2.64. The van der Waals surface area contributed by atoms with Gasteiger partial charge in [0.1, 0.15) is 5.82 Å². The fourth-order valence-corrected chi connectivity index (χ4v) is 1.64. The van der Waals surface area contributed by atoms with Crippen LogP contribution in [0.3, 0.4) is 0 Å². The van der Waals surface area contributed by atoms with Gasteiger partial charge >= 0.3 is 0 Å². The highest BCUT2D eigenvalue weighted by molar-refractivity contribution is 5.32. The van der Waals surface area contributed by atoms with Crippen molar-refractivity contribution in [1.82, 2.24) is 14.5 Å². The number of pyridine rings is 1. The van der Waals surface area contributed by atoms with Crippen molar-refractivity contribution in [2.45, 2.75) is 12.5 Å². The molecule has 0 amide bonds. The first-order valence-electron chi connectivity index (χ1n) is 5.01. The molecule has 5 nitrogen and oxygen atoms in total. The van der Waals surface area contributed by atoms with E-state index in [1.165, 1.54) is 0 Å². The molecule has 0 fully saturated rings. The van der Waals surface area contributed by atoms with Gasteiger partial charge in [0, 0.05) is 19.7 Å². The third-order valence-corrected chi connectivity index (χ3v) is 2.47. The predicted octanol–water partition coefficient (Wildman–Crippen LogP) is 0.673. The molecule has 0 saturated carbocycles. The Morgan fingerprint density at radius 1 is 1.56 bits per heavy atom. The number of aliphatic hydroxyl groups excluding tert-OH is 1. The van der Waals surface area contributed by atoms with Crippen LogP contribution in [0.1, 0.15) is 17.4 Å². The van der Waals surface area contributed by atoms with Gasteiger partial charge in [-0.3, -0.25) is 0 Å². The minimum Gasteiger partial charge on any atom is -0.386 e. The van der Waals surface area contributed by atoms with Crippen LogP contribution in [0.15, 0.2) is 30.9 Å². The number of aryl methyl sites for hydroxylation is 1. The topological polar surface area (TPSA) is 77.0 Å². The smallest absolute Gasteiger partial charge is 0.123 e. The van der Waals surface area contributed by atoms with Gasteiger partial charge in [-0.1, -0.05) is 0 Å². The van der Waals surface area contributed by atoms with Gasteiger partial charge in [0.05, 0.1) is 24.3 Å². The van der Waals surface area contributed by atoms with E-state index in [9.17, 15) is 5.11 Å². The fourth-order valence-electron chi connectivity index (χ4n) is 1.64. The average molecular weight is 218 g/mol. The number of aromatic nitrogens is 3. The van der Waals surface area contributed by atoms with Crippen LogP contribution in [-0.2, 0) is 13.5 Å². The van der Waals surface area contributed by atoms with Crippen LogP contribution in [0.5, 0.6) is 0 Å². The molecule has 1 atom stereocenters. The molecule has 0 aliphatic carbocycles. The molecule has 0 aliphatic heterocycles. The van der Waals surface area contributed by atoms with Gasteiger partial charge in [-0.05, 0) is 17.7 Å². The predicted molar refractivity (Wildman–Crippen MR) is 60.5 cm³/mol. The Balaban J connectivity index is 2.14. The number of aliphatic hydroxyl groups is 1. The van der Waals surface area contributed by atoms with Crippen LogP contribution in [0.4, 0.5) is 5.82 Å². The second-order valence-electron chi connectivity index (χ2n) is 3.74. The quantitative estimate of drug-likeness (QED) is 0.794. The number of nitrogens with zero attached hydrogens (tertiary/aromatic N) is 3. The van der Waals surface area contributed by atoms with Gasteiger partial charge in [-0.2, -0.15) is 0 Å². The van der Waals surface area contributed by atoms with E-state index in [2.05, 4.69) is 9.97 Å². The van der Waals surface area contributed by atoms with E-state index in [1.54, 1.807) is 29.4 Å². The van der Waals surface area contributed by atoms with Gasteiger partial charge in [0.15, 0.2) is 0 Å². The first kappa shape index (κ1) is 10.6. The van der Waals surface area contributed by atoms with E-state index in [1.807, 2.05) is 13.1 Å². The van der Waals surface area contributed by atoms with Crippen molar-refractivity contribution in [3.63, 3.8) is 0 Å². The third-order valence-electron chi connectivity index (χ3n) is 2.47. The molecule has 16 heavy (non-hydrogen) atoms. The summed E-state index contributed by atoms with van der Waals surface area (Å²) in [4.78, 5) is 7.87. The number of imidazole rings is 1. The molecule has 2 aromatic rings. The van der Waals surface area contributed by atoms with Crippen molar-refractivity contribution >= 4 is 5.82 Å². The maximum atomic E-state index is 10.0. The standard InChI is InChI=1S/C11H14N4O/c1-15-7-13-6-9(15)10(16)4-8-2-3-14-11(12)5-8/h2-3,5-7,10,16H,4H2,1H3,(H2,12,14). The van der Waals surface area contributed by atoms with Crippen LogP contribution >= 0.6 is 0 Å². The van der Waals surface area contributed by atoms with Crippen molar-refractivity contribution in [3.8, 4) is 0 Å². The molecule has 2 rings (SSSR count). The molecule has 0 bridgehead atoms. The molecular formula is C11H14N4O. The first-order chi connectivity index (χ1) is 7.66. The van der Waals surface area contributed by atoms with E-state index in [0.717, 1.165) is 11.3 Å². The molecule has 0 aliphatic rings. The van der Waals surface area contributed by atoms with Crippen LogP contribution in [0, 0.1) is 0 Å². The highest BCUT2D eigenvalue weighted by Gasteiger charge is 2.12. The van der Waals surface area contributed by atoms with Crippen molar-refractivity contribution in [1.29, 1.82) is 0 Å². The molecular weight excluding hydrogens is 204 g/mol. The molecule has 3 N–H and O–H groups in total. The number of nitrogens with two attached hydrogens (primary N) is 1. The number of hydrogen-bond donors (Lipinski definition) is 2. The van der Waals surface area contributed by atoms with Gasteiger partial charge in [-0.15, -0.1) is 0 Å². The van der Waals surface area contributed by atoms with Gasteiger partial charge in [0.2, 0.25) is 0 Å².